The number of hydrogen-bond donors (Lipinski definition) is 1. The Kier molecular flexibility index (Phi) is 1.96. The fourth-order valence-corrected chi connectivity index (χ4v) is 1.38. The van der Waals surface area contributed by atoms with E-state index in [2.05, 4.69) is 4.98 Å². The maximum Gasteiger partial charge on any atom is 0.354 e. The van der Waals surface area contributed by atoms with Gasteiger partial charge in [-0.3, -0.25) is 0 Å². The highest BCUT2D eigenvalue weighted by Gasteiger charge is 2.09. The van der Waals surface area contributed by atoms with E-state index < -0.39 is 5.97 Å². The predicted octanol–water partition coefficient (Wildman–Crippen LogP) is 2.09. The van der Waals surface area contributed by atoms with Gasteiger partial charge in [0, 0.05) is 5.39 Å². The van der Waals surface area contributed by atoms with Gasteiger partial charge in [-0.15, -0.1) is 0 Å². The summed E-state index contributed by atoms with van der Waals surface area (Å²) in [5.41, 5.74) is 1.69. The molecule has 0 aliphatic heterocycles. The average molecular weight is 191 g/mol. The van der Waals surface area contributed by atoms with Crippen molar-refractivity contribution in [1.82, 2.24) is 4.98 Å². The molecule has 2 aromatic rings. The third-order valence-electron chi connectivity index (χ3n) is 2.14. The van der Waals surface area contributed by atoms with Gasteiger partial charge in [-0.25, -0.2) is 9.78 Å². The number of carbonyl (C=O) groups is 1. The van der Waals surface area contributed by atoms with Crippen LogP contribution in [0.5, 0.6) is 0 Å². The van der Waals surface area contributed by atoms with Gasteiger partial charge < -0.3 is 9.52 Å². The Morgan fingerprint density at radius 3 is 3.07 bits per heavy atom. The summed E-state index contributed by atoms with van der Waals surface area (Å²) in [7, 11) is 0. The first kappa shape index (κ1) is 8.74. The van der Waals surface area contributed by atoms with Gasteiger partial charge in [0.25, 0.3) is 0 Å². The number of nitrogens with zero attached hydrogens (tertiary/aromatic N) is 1. The summed E-state index contributed by atoms with van der Waals surface area (Å²) in [6, 6.07) is 1.54. The van der Waals surface area contributed by atoms with Crippen LogP contribution >= 0.6 is 0 Å². The Morgan fingerprint density at radius 1 is 1.64 bits per heavy atom. The van der Waals surface area contributed by atoms with E-state index in [4.69, 9.17) is 9.52 Å². The third kappa shape index (κ3) is 1.25. The Morgan fingerprint density at radius 2 is 2.43 bits per heavy atom. The van der Waals surface area contributed by atoms with E-state index >= 15 is 0 Å². The Labute approximate surface area is 80.2 Å². The molecule has 0 aliphatic rings. The van der Waals surface area contributed by atoms with Gasteiger partial charge in [-0.2, -0.15) is 0 Å². The smallest absolute Gasteiger partial charge is 0.354 e. The van der Waals surface area contributed by atoms with Crippen molar-refractivity contribution in [2.75, 3.05) is 0 Å². The molecule has 0 atom stereocenters. The van der Waals surface area contributed by atoms with Gasteiger partial charge in [-0.1, -0.05) is 6.92 Å². The van der Waals surface area contributed by atoms with Gasteiger partial charge in [0.2, 0.25) is 0 Å². The number of aromatic carboxylic acids is 1. The normalized spacial score (nSPS) is 10.6. The van der Waals surface area contributed by atoms with Crippen LogP contribution in [-0.2, 0) is 6.42 Å². The molecule has 0 bridgehead atoms. The number of furan rings is 1. The van der Waals surface area contributed by atoms with E-state index in [1.54, 1.807) is 12.3 Å². The second-order valence-corrected chi connectivity index (χ2v) is 2.99. The van der Waals surface area contributed by atoms with Crippen LogP contribution in [0.1, 0.15) is 23.0 Å². The average Bonchev–Trinajstić information content (AvgIpc) is 2.59. The number of carboxylic acid groups (broad SMARTS) is 1. The number of hydrogen-bond acceptors (Lipinski definition) is 3. The molecule has 4 heteroatoms. The largest absolute Gasteiger partial charge is 0.477 e. The van der Waals surface area contributed by atoms with E-state index in [1.165, 1.54) is 6.20 Å². The summed E-state index contributed by atoms with van der Waals surface area (Å²) < 4.78 is 5.22. The van der Waals surface area contributed by atoms with Crippen molar-refractivity contribution >= 4 is 16.9 Å². The fourth-order valence-electron chi connectivity index (χ4n) is 1.38. The van der Waals surface area contributed by atoms with Crippen molar-refractivity contribution in [3.8, 4) is 0 Å². The molecule has 0 radical (unpaired) electrons. The van der Waals surface area contributed by atoms with Gasteiger partial charge in [-0.05, 0) is 18.1 Å². The minimum absolute atomic E-state index is 0.0496. The molecule has 1 N–H and O–H groups in total. The van der Waals surface area contributed by atoms with Crippen LogP contribution in [-0.4, -0.2) is 16.1 Å². The molecular weight excluding hydrogens is 182 g/mol. The number of pyridine rings is 1. The van der Waals surface area contributed by atoms with Crippen LogP contribution in [0.4, 0.5) is 0 Å². The zero-order chi connectivity index (χ0) is 10.1. The minimum Gasteiger partial charge on any atom is -0.477 e. The van der Waals surface area contributed by atoms with Crippen molar-refractivity contribution in [2.24, 2.45) is 0 Å². The van der Waals surface area contributed by atoms with Crippen molar-refractivity contribution < 1.29 is 14.3 Å². The van der Waals surface area contributed by atoms with Crippen molar-refractivity contribution in [1.29, 1.82) is 0 Å². The topological polar surface area (TPSA) is 63.3 Å². The number of rotatable bonds is 2. The lowest BCUT2D eigenvalue weighted by Crippen LogP contribution is -1.98. The molecule has 0 aliphatic carbocycles. The summed E-state index contributed by atoms with van der Waals surface area (Å²) >= 11 is 0. The van der Waals surface area contributed by atoms with E-state index in [-0.39, 0.29) is 5.69 Å². The van der Waals surface area contributed by atoms with Crippen LogP contribution in [0, 0.1) is 0 Å². The predicted molar refractivity (Wildman–Crippen MR) is 50.3 cm³/mol. The lowest BCUT2D eigenvalue weighted by Gasteiger charge is -1.94. The van der Waals surface area contributed by atoms with Crippen LogP contribution in [0.15, 0.2) is 22.9 Å². The fraction of sp³-hybridized carbons (Fsp3) is 0.200. The molecule has 0 fully saturated rings. The quantitative estimate of drug-likeness (QED) is 0.789. The maximum atomic E-state index is 10.7. The standard InChI is InChI=1S/C10H9NO3/c1-2-6-5-14-9-4-11-8(10(12)13)3-7(6)9/h3-5H,2H2,1H3,(H,12,13). The number of carboxylic acids is 1. The number of aromatic nitrogens is 1. The molecule has 0 saturated carbocycles. The molecule has 2 heterocycles. The molecule has 72 valence electrons. The first-order valence-electron chi connectivity index (χ1n) is 4.31. The van der Waals surface area contributed by atoms with Gasteiger partial charge in [0.1, 0.15) is 5.69 Å². The second kappa shape index (κ2) is 3.14. The van der Waals surface area contributed by atoms with E-state index in [0.717, 1.165) is 17.4 Å². The van der Waals surface area contributed by atoms with E-state index in [1.807, 2.05) is 6.92 Å². The molecule has 2 aromatic heterocycles. The highest BCUT2D eigenvalue weighted by atomic mass is 16.4. The lowest BCUT2D eigenvalue weighted by atomic mass is 10.1. The Balaban J connectivity index is 2.67. The molecular formula is C10H9NO3. The van der Waals surface area contributed by atoms with Gasteiger partial charge >= 0.3 is 5.97 Å². The van der Waals surface area contributed by atoms with Crippen molar-refractivity contribution in [3.63, 3.8) is 0 Å². The Bertz CT molecular complexity index is 487. The van der Waals surface area contributed by atoms with E-state index in [9.17, 15) is 4.79 Å². The summed E-state index contributed by atoms with van der Waals surface area (Å²) in [5, 5.41) is 9.59. The molecule has 4 nitrogen and oxygen atoms in total. The van der Waals surface area contributed by atoms with Gasteiger partial charge in [0.15, 0.2) is 5.58 Å². The summed E-state index contributed by atoms with van der Waals surface area (Å²) in [4.78, 5) is 14.4. The van der Waals surface area contributed by atoms with Crippen LogP contribution in [0.2, 0.25) is 0 Å². The van der Waals surface area contributed by atoms with E-state index in [0.29, 0.717) is 5.58 Å². The van der Waals surface area contributed by atoms with Crippen LogP contribution in [0.3, 0.4) is 0 Å². The first-order valence-corrected chi connectivity index (χ1v) is 4.31. The SMILES string of the molecule is CCc1coc2cnc(C(=O)O)cc12. The second-order valence-electron chi connectivity index (χ2n) is 2.99. The molecule has 0 aromatic carbocycles. The highest BCUT2D eigenvalue weighted by Crippen LogP contribution is 2.21. The van der Waals surface area contributed by atoms with Crippen LogP contribution in [0.25, 0.3) is 11.0 Å². The molecule has 0 unspecified atom stereocenters. The number of aryl methyl sites for hydroxylation is 1. The number of fused-ring (bicyclic) bond motifs is 1. The molecule has 0 amide bonds. The zero-order valence-electron chi connectivity index (χ0n) is 7.65. The Hall–Kier alpha value is -1.84. The minimum atomic E-state index is -1.02. The highest BCUT2D eigenvalue weighted by molar-refractivity contribution is 5.91. The van der Waals surface area contributed by atoms with Crippen molar-refractivity contribution in [3.05, 3.63) is 29.8 Å². The molecule has 0 spiro atoms. The van der Waals surface area contributed by atoms with Gasteiger partial charge in [0.05, 0.1) is 12.5 Å². The molecule has 0 saturated heterocycles. The molecule has 2 rings (SSSR count). The third-order valence-corrected chi connectivity index (χ3v) is 2.14. The molecule has 14 heavy (non-hydrogen) atoms. The maximum absolute atomic E-state index is 10.7. The van der Waals surface area contributed by atoms with Crippen LogP contribution < -0.4 is 0 Å². The zero-order valence-corrected chi connectivity index (χ0v) is 7.65. The summed E-state index contributed by atoms with van der Waals surface area (Å²) in [5.74, 6) is -1.02. The van der Waals surface area contributed by atoms with Crippen molar-refractivity contribution in [2.45, 2.75) is 13.3 Å². The first-order chi connectivity index (χ1) is 6.72. The monoisotopic (exact) mass is 191 g/mol. The lowest BCUT2D eigenvalue weighted by molar-refractivity contribution is 0.0690. The summed E-state index contributed by atoms with van der Waals surface area (Å²) in [6.45, 7) is 1.99. The summed E-state index contributed by atoms with van der Waals surface area (Å²) in [6.07, 6.45) is 3.89.